The van der Waals surface area contributed by atoms with Gasteiger partial charge in [0.25, 0.3) is 0 Å². The molecule has 3 N–H and O–H groups in total. The number of rotatable bonds is 9. The van der Waals surface area contributed by atoms with E-state index in [1.807, 2.05) is 6.92 Å². The van der Waals surface area contributed by atoms with Gasteiger partial charge in [0.1, 0.15) is 0 Å². The summed E-state index contributed by atoms with van der Waals surface area (Å²) in [6.07, 6.45) is 3.55. The lowest BCUT2D eigenvalue weighted by Crippen LogP contribution is -2.21. The molecular formula is C18H29N3O. The summed E-state index contributed by atoms with van der Waals surface area (Å²) in [5.74, 6) is 0. The van der Waals surface area contributed by atoms with Gasteiger partial charge in [-0.3, -0.25) is 0 Å². The van der Waals surface area contributed by atoms with Crippen LogP contribution in [0.1, 0.15) is 55.8 Å². The summed E-state index contributed by atoms with van der Waals surface area (Å²) in [4.78, 5) is 0. The van der Waals surface area contributed by atoms with E-state index in [1.54, 1.807) is 7.11 Å². The monoisotopic (exact) mass is 303 g/mol. The van der Waals surface area contributed by atoms with Crippen LogP contribution in [0.15, 0.2) is 12.1 Å². The highest BCUT2D eigenvalue weighted by Crippen LogP contribution is 2.29. The van der Waals surface area contributed by atoms with Crippen LogP contribution in [-0.2, 0) is 4.74 Å². The average molecular weight is 303 g/mol. The fourth-order valence-electron chi connectivity index (χ4n) is 2.84. The average Bonchev–Trinajstić information content (AvgIpc) is 3.26. The zero-order chi connectivity index (χ0) is 16.1. The van der Waals surface area contributed by atoms with Crippen molar-refractivity contribution in [2.24, 2.45) is 0 Å². The van der Waals surface area contributed by atoms with Crippen molar-refractivity contribution in [2.75, 3.05) is 25.6 Å². The summed E-state index contributed by atoms with van der Waals surface area (Å²) in [5, 5.41) is 15.2. The van der Waals surface area contributed by atoms with Crippen LogP contribution in [0, 0.1) is 12.3 Å². The van der Waals surface area contributed by atoms with Gasteiger partial charge in [0, 0.05) is 49.3 Å². The van der Waals surface area contributed by atoms with Gasteiger partial charge >= 0.3 is 0 Å². The maximum absolute atomic E-state index is 8.05. The van der Waals surface area contributed by atoms with Crippen molar-refractivity contribution in [3.05, 3.63) is 28.8 Å². The van der Waals surface area contributed by atoms with E-state index in [4.69, 9.17) is 10.1 Å². The van der Waals surface area contributed by atoms with Gasteiger partial charge in [0.15, 0.2) is 0 Å². The Balaban J connectivity index is 2.17. The van der Waals surface area contributed by atoms with Gasteiger partial charge < -0.3 is 20.8 Å². The molecule has 0 spiro atoms. The summed E-state index contributed by atoms with van der Waals surface area (Å²) in [7, 11) is 1.73. The zero-order valence-corrected chi connectivity index (χ0v) is 14.3. The van der Waals surface area contributed by atoms with Gasteiger partial charge in [0.05, 0.1) is 0 Å². The van der Waals surface area contributed by atoms with Gasteiger partial charge in [0.2, 0.25) is 0 Å². The van der Waals surface area contributed by atoms with Crippen LogP contribution in [0.25, 0.3) is 0 Å². The van der Waals surface area contributed by atoms with Crippen molar-refractivity contribution in [3.63, 3.8) is 0 Å². The van der Waals surface area contributed by atoms with Crippen LogP contribution >= 0.6 is 0 Å². The lowest BCUT2D eigenvalue weighted by Gasteiger charge is -2.20. The SMILES string of the molecule is COCCCNc1cc(C(C)NC2CC2)cc(C)c1C(C)=N. The highest BCUT2D eigenvalue weighted by Gasteiger charge is 2.24. The molecule has 1 aromatic rings. The third-order valence-electron chi connectivity index (χ3n) is 4.14. The Morgan fingerprint density at radius 2 is 2.14 bits per heavy atom. The van der Waals surface area contributed by atoms with E-state index in [2.05, 4.69) is 36.6 Å². The molecule has 1 aliphatic carbocycles. The zero-order valence-electron chi connectivity index (χ0n) is 14.3. The van der Waals surface area contributed by atoms with Crippen molar-refractivity contribution in [3.8, 4) is 0 Å². The first-order valence-corrected chi connectivity index (χ1v) is 8.22. The molecular weight excluding hydrogens is 274 g/mol. The van der Waals surface area contributed by atoms with Crippen LogP contribution in [0.4, 0.5) is 5.69 Å². The first-order chi connectivity index (χ1) is 10.5. The molecule has 1 atom stereocenters. The van der Waals surface area contributed by atoms with Crippen LogP contribution in [0.5, 0.6) is 0 Å². The number of benzene rings is 1. The number of aryl methyl sites for hydroxylation is 1. The van der Waals surface area contributed by atoms with Crippen molar-refractivity contribution < 1.29 is 4.74 Å². The van der Waals surface area contributed by atoms with Crippen LogP contribution in [-0.4, -0.2) is 32.0 Å². The van der Waals surface area contributed by atoms with E-state index >= 15 is 0 Å². The summed E-state index contributed by atoms with van der Waals surface area (Å²) < 4.78 is 5.10. The predicted octanol–water partition coefficient (Wildman–Crippen LogP) is 3.64. The molecule has 1 aromatic carbocycles. The van der Waals surface area contributed by atoms with E-state index in [1.165, 1.54) is 24.0 Å². The highest BCUT2D eigenvalue weighted by atomic mass is 16.5. The number of ether oxygens (including phenoxy) is 1. The minimum atomic E-state index is 0.353. The van der Waals surface area contributed by atoms with Crippen LogP contribution in [0.2, 0.25) is 0 Å². The van der Waals surface area contributed by atoms with Gasteiger partial charge in [-0.1, -0.05) is 6.07 Å². The Hall–Kier alpha value is -1.39. The first kappa shape index (κ1) is 17.0. The lowest BCUT2D eigenvalue weighted by atomic mass is 9.96. The van der Waals surface area contributed by atoms with Gasteiger partial charge in [-0.2, -0.15) is 0 Å². The molecule has 22 heavy (non-hydrogen) atoms. The second-order valence-electron chi connectivity index (χ2n) is 6.32. The molecule has 0 aromatic heterocycles. The van der Waals surface area contributed by atoms with E-state index in [0.29, 0.717) is 17.8 Å². The molecule has 1 aliphatic rings. The fourth-order valence-corrected chi connectivity index (χ4v) is 2.84. The van der Waals surface area contributed by atoms with Gasteiger partial charge in [-0.15, -0.1) is 0 Å². The van der Waals surface area contributed by atoms with Crippen molar-refractivity contribution in [2.45, 2.75) is 52.1 Å². The number of anilines is 1. The highest BCUT2D eigenvalue weighted by molar-refractivity contribution is 6.02. The molecule has 0 amide bonds. The molecule has 1 saturated carbocycles. The van der Waals surface area contributed by atoms with E-state index in [-0.39, 0.29) is 0 Å². The Morgan fingerprint density at radius 1 is 1.41 bits per heavy atom. The van der Waals surface area contributed by atoms with Crippen LogP contribution in [0.3, 0.4) is 0 Å². The third kappa shape index (κ3) is 4.55. The van der Waals surface area contributed by atoms with Crippen molar-refractivity contribution in [1.29, 1.82) is 5.41 Å². The molecule has 2 rings (SSSR count). The molecule has 0 radical (unpaired) electrons. The second-order valence-corrected chi connectivity index (χ2v) is 6.32. The number of nitrogens with one attached hydrogen (secondary N) is 3. The van der Waals surface area contributed by atoms with Gasteiger partial charge in [-0.25, -0.2) is 0 Å². The van der Waals surface area contributed by atoms with E-state index in [9.17, 15) is 0 Å². The molecule has 4 heteroatoms. The number of hydrogen-bond acceptors (Lipinski definition) is 4. The Morgan fingerprint density at radius 3 is 2.73 bits per heavy atom. The fraction of sp³-hybridized carbons (Fsp3) is 0.611. The van der Waals surface area contributed by atoms with E-state index in [0.717, 1.165) is 30.8 Å². The maximum atomic E-state index is 8.05. The maximum Gasteiger partial charge on any atom is 0.0479 e. The normalized spacial score (nSPS) is 15.6. The molecule has 122 valence electrons. The quantitative estimate of drug-likeness (QED) is 0.482. The number of hydrogen-bond donors (Lipinski definition) is 3. The summed E-state index contributed by atoms with van der Waals surface area (Å²) in [6.45, 7) is 7.79. The Kier molecular flexibility index (Phi) is 5.98. The first-order valence-electron chi connectivity index (χ1n) is 8.22. The third-order valence-corrected chi connectivity index (χ3v) is 4.14. The molecule has 4 nitrogen and oxygen atoms in total. The standard InChI is InChI=1S/C18H29N3O/c1-12-10-15(14(3)21-16-6-7-16)11-17(18(12)13(2)19)20-8-5-9-22-4/h10-11,14,16,19-21H,5-9H2,1-4H3. The second kappa shape index (κ2) is 7.75. The molecule has 1 fully saturated rings. The van der Waals surface area contributed by atoms with E-state index < -0.39 is 0 Å². The molecule has 0 saturated heterocycles. The minimum absolute atomic E-state index is 0.353. The van der Waals surface area contributed by atoms with Gasteiger partial charge in [-0.05, 0) is 57.2 Å². The topological polar surface area (TPSA) is 57.1 Å². The number of methoxy groups -OCH3 is 1. The summed E-state index contributed by atoms with van der Waals surface area (Å²) in [6, 6.07) is 5.46. The largest absolute Gasteiger partial charge is 0.385 e. The molecule has 0 aliphatic heterocycles. The lowest BCUT2D eigenvalue weighted by molar-refractivity contribution is 0.198. The Labute approximate surface area is 134 Å². The molecule has 0 heterocycles. The predicted molar refractivity (Wildman–Crippen MR) is 93.2 cm³/mol. The minimum Gasteiger partial charge on any atom is -0.385 e. The summed E-state index contributed by atoms with van der Waals surface area (Å²) in [5.41, 5.74) is 5.18. The summed E-state index contributed by atoms with van der Waals surface area (Å²) >= 11 is 0. The Bertz CT molecular complexity index is 523. The smallest absolute Gasteiger partial charge is 0.0479 e. The van der Waals surface area contributed by atoms with Crippen molar-refractivity contribution in [1.82, 2.24) is 5.32 Å². The molecule has 0 bridgehead atoms. The van der Waals surface area contributed by atoms with Crippen LogP contribution < -0.4 is 10.6 Å². The molecule has 1 unspecified atom stereocenters. The van der Waals surface area contributed by atoms with Crippen molar-refractivity contribution >= 4 is 11.4 Å².